The van der Waals surface area contributed by atoms with E-state index >= 15 is 0 Å². The van der Waals surface area contributed by atoms with Gasteiger partial charge in [-0.2, -0.15) is 13.2 Å². The fraction of sp³-hybridized carbons (Fsp3) is 0.375. The highest BCUT2D eigenvalue weighted by atomic mass is 19.4. The molecular weight excluding hydrogens is 436 g/mol. The average molecular weight is 465 g/mol. The summed E-state index contributed by atoms with van der Waals surface area (Å²) < 4.78 is 55.3. The van der Waals surface area contributed by atoms with Gasteiger partial charge in [0.05, 0.1) is 16.8 Å². The smallest absolute Gasteiger partial charge is 0.383 e. The molecule has 0 bridgehead atoms. The predicted octanol–water partition coefficient (Wildman–Crippen LogP) is 5.78. The maximum absolute atomic E-state index is 14.2. The second-order valence-corrected chi connectivity index (χ2v) is 8.43. The quantitative estimate of drug-likeness (QED) is 0.342. The number of hydrogen-bond acceptors (Lipinski definition) is 4. The lowest BCUT2D eigenvalue weighted by molar-refractivity contribution is -0.136. The van der Waals surface area contributed by atoms with E-state index in [9.17, 15) is 22.4 Å². The molecule has 0 aromatic heterocycles. The minimum Gasteiger partial charge on any atom is -0.383 e. The summed E-state index contributed by atoms with van der Waals surface area (Å²) in [5, 5.41) is 8.13. The Hall–Kier alpha value is -3.07. The first-order chi connectivity index (χ1) is 15.5. The van der Waals surface area contributed by atoms with Crippen LogP contribution in [0.2, 0.25) is 0 Å². The summed E-state index contributed by atoms with van der Waals surface area (Å²) in [6.07, 6.45) is -3.36. The number of amides is 1. The van der Waals surface area contributed by atoms with E-state index in [1.54, 1.807) is 6.07 Å². The zero-order valence-electron chi connectivity index (χ0n) is 19.0. The normalized spacial score (nSPS) is 14.9. The number of rotatable bonds is 8. The molecule has 2 aromatic carbocycles. The minimum atomic E-state index is -4.58. The number of halogens is 4. The minimum absolute atomic E-state index is 0.0151. The number of carbonyl (C=O) groups is 1. The summed E-state index contributed by atoms with van der Waals surface area (Å²) in [5.41, 5.74) is -0.299. The number of benzene rings is 2. The third-order valence-corrected chi connectivity index (χ3v) is 5.50. The molecule has 0 saturated carbocycles. The van der Waals surface area contributed by atoms with Gasteiger partial charge in [0.1, 0.15) is 5.82 Å². The van der Waals surface area contributed by atoms with E-state index in [0.717, 1.165) is 6.07 Å². The van der Waals surface area contributed by atoms with Crippen LogP contribution in [-0.4, -0.2) is 36.0 Å². The molecule has 9 heteroatoms. The first-order valence-electron chi connectivity index (χ1n) is 10.8. The average Bonchev–Trinajstić information content (AvgIpc) is 3.05. The van der Waals surface area contributed by atoms with Crippen LogP contribution < -0.4 is 16.0 Å². The van der Waals surface area contributed by atoms with Gasteiger partial charge in [-0.25, -0.2) is 4.39 Å². The molecule has 2 aromatic rings. The van der Waals surface area contributed by atoms with Crippen molar-refractivity contribution in [2.45, 2.75) is 46.0 Å². The van der Waals surface area contributed by atoms with Crippen LogP contribution in [0, 0.1) is 5.82 Å². The fourth-order valence-corrected chi connectivity index (χ4v) is 3.95. The zero-order chi connectivity index (χ0) is 24.3. The summed E-state index contributed by atoms with van der Waals surface area (Å²) in [4.78, 5) is 14.4. The van der Waals surface area contributed by atoms with Crippen LogP contribution in [0.1, 0.15) is 38.8 Å². The number of hydrogen-bond donors (Lipinski definition) is 3. The van der Waals surface area contributed by atoms with E-state index < -0.39 is 23.5 Å². The maximum Gasteiger partial charge on any atom is 0.418 e. The highest BCUT2D eigenvalue weighted by Gasteiger charge is 2.34. The molecule has 1 heterocycles. The highest BCUT2D eigenvalue weighted by molar-refractivity contribution is 6.31. The molecule has 0 saturated heterocycles. The Morgan fingerprint density at radius 1 is 1.09 bits per heavy atom. The van der Waals surface area contributed by atoms with Crippen LogP contribution in [0.5, 0.6) is 0 Å². The predicted molar refractivity (Wildman–Crippen MR) is 124 cm³/mol. The number of alkyl halides is 3. The summed E-state index contributed by atoms with van der Waals surface area (Å²) in [6.45, 7) is 9.14. The largest absolute Gasteiger partial charge is 0.418 e. The van der Waals surface area contributed by atoms with Gasteiger partial charge >= 0.3 is 6.18 Å². The van der Waals surface area contributed by atoms with Crippen molar-refractivity contribution >= 4 is 28.5 Å². The highest BCUT2D eigenvalue weighted by Crippen LogP contribution is 2.37. The van der Waals surface area contributed by atoms with E-state index in [4.69, 9.17) is 0 Å². The van der Waals surface area contributed by atoms with Crippen LogP contribution in [0.4, 0.5) is 34.6 Å². The maximum atomic E-state index is 14.2. The number of anilines is 3. The van der Waals surface area contributed by atoms with Crippen molar-refractivity contribution in [2.75, 3.05) is 29.0 Å². The van der Waals surface area contributed by atoms with Crippen molar-refractivity contribution in [3.8, 4) is 0 Å². The molecule has 3 rings (SSSR count). The Bertz CT molecular complexity index is 1040. The second-order valence-electron chi connectivity index (χ2n) is 8.43. The summed E-state index contributed by atoms with van der Waals surface area (Å²) >= 11 is 0. The van der Waals surface area contributed by atoms with Crippen molar-refractivity contribution < 1.29 is 22.4 Å². The number of carbonyl (C=O) groups excluding carboxylic acids is 1. The van der Waals surface area contributed by atoms with Gasteiger partial charge < -0.3 is 16.0 Å². The van der Waals surface area contributed by atoms with Crippen molar-refractivity contribution in [2.24, 2.45) is 0 Å². The van der Waals surface area contributed by atoms with Crippen LogP contribution >= 0.6 is 0 Å². The molecular formula is C24H28F4N4O. The van der Waals surface area contributed by atoms with E-state index in [1.807, 2.05) is 27.7 Å². The molecule has 178 valence electrons. The molecule has 0 radical (unpaired) electrons. The van der Waals surface area contributed by atoms with Crippen LogP contribution in [0.25, 0.3) is 5.57 Å². The Morgan fingerprint density at radius 3 is 2.42 bits per heavy atom. The van der Waals surface area contributed by atoms with Crippen molar-refractivity contribution in [1.82, 2.24) is 4.90 Å². The van der Waals surface area contributed by atoms with Crippen LogP contribution in [0.15, 0.2) is 42.6 Å². The number of nitrogens with one attached hydrogen (secondary N) is 3. The monoisotopic (exact) mass is 464 g/mol. The molecule has 5 nitrogen and oxygen atoms in total. The van der Waals surface area contributed by atoms with Gasteiger partial charge in [-0.15, -0.1) is 0 Å². The van der Waals surface area contributed by atoms with Crippen LogP contribution in [0.3, 0.4) is 0 Å². The third-order valence-electron chi connectivity index (χ3n) is 5.50. The molecule has 33 heavy (non-hydrogen) atoms. The first-order valence-corrected chi connectivity index (χ1v) is 10.8. The van der Waals surface area contributed by atoms with Gasteiger partial charge in [-0.05, 0) is 58.0 Å². The van der Waals surface area contributed by atoms with E-state index in [1.165, 1.54) is 30.5 Å². The second kappa shape index (κ2) is 9.82. The van der Waals surface area contributed by atoms with Gasteiger partial charge in [-0.1, -0.05) is 6.07 Å². The lowest BCUT2D eigenvalue weighted by Crippen LogP contribution is -2.40. The fourth-order valence-electron chi connectivity index (χ4n) is 3.95. The molecule has 0 aliphatic carbocycles. The molecule has 0 unspecified atom stereocenters. The Balaban J connectivity index is 1.79. The Kier molecular flexibility index (Phi) is 7.31. The lowest BCUT2D eigenvalue weighted by atomic mass is 10.1. The molecule has 0 atom stereocenters. The third kappa shape index (κ3) is 5.65. The van der Waals surface area contributed by atoms with Crippen molar-refractivity contribution in [1.29, 1.82) is 0 Å². The number of nitrogens with zero attached hydrogens (tertiary/aromatic N) is 1. The lowest BCUT2D eigenvalue weighted by Gasteiger charge is -2.30. The molecule has 3 N–H and O–H groups in total. The van der Waals surface area contributed by atoms with Gasteiger partial charge in [0, 0.05) is 48.3 Å². The molecule has 1 aliphatic heterocycles. The van der Waals surface area contributed by atoms with Gasteiger partial charge in [0.2, 0.25) is 0 Å². The summed E-state index contributed by atoms with van der Waals surface area (Å²) in [7, 11) is 0. The summed E-state index contributed by atoms with van der Waals surface area (Å²) in [6, 6.07) is 8.58. The zero-order valence-corrected chi connectivity index (χ0v) is 19.0. The SMILES string of the molecule is CC(C)N(CCNc1ccc(N/C=C2/C(=O)Nc3cccc(F)c32)cc1C(F)(F)F)C(C)C. The Morgan fingerprint density at radius 2 is 1.79 bits per heavy atom. The number of fused-ring (bicyclic) bond motifs is 1. The van der Waals surface area contributed by atoms with Crippen molar-refractivity contribution in [3.05, 3.63) is 59.5 Å². The standard InChI is InChI=1S/C24H28F4N4O/c1-14(2)32(15(3)4)11-10-29-20-9-8-16(12-18(20)24(26,27)28)30-13-17-22-19(25)6-5-7-21(22)31-23(17)33/h5-9,12-15,29-30H,10-11H2,1-4H3,(H,31,33)/b17-13+. The molecule has 1 aliphatic rings. The van der Waals surface area contributed by atoms with Crippen molar-refractivity contribution in [3.63, 3.8) is 0 Å². The summed E-state index contributed by atoms with van der Waals surface area (Å²) in [5.74, 6) is -1.12. The molecule has 1 amide bonds. The van der Waals surface area contributed by atoms with E-state index in [0.29, 0.717) is 18.8 Å². The van der Waals surface area contributed by atoms with Gasteiger partial charge in [-0.3, -0.25) is 9.69 Å². The van der Waals surface area contributed by atoms with Gasteiger partial charge in [0.25, 0.3) is 5.91 Å². The van der Waals surface area contributed by atoms with Crippen LogP contribution in [-0.2, 0) is 11.0 Å². The topological polar surface area (TPSA) is 56.4 Å². The first kappa shape index (κ1) is 24.6. The van der Waals surface area contributed by atoms with Gasteiger partial charge in [0.15, 0.2) is 0 Å². The molecule has 0 spiro atoms. The Labute approximate surface area is 190 Å². The molecule has 0 fully saturated rings. The van der Waals surface area contributed by atoms with E-state index in [-0.39, 0.29) is 34.6 Å². The van der Waals surface area contributed by atoms with E-state index in [2.05, 4.69) is 20.9 Å².